The zero-order valence-corrected chi connectivity index (χ0v) is 12.1. The van der Waals surface area contributed by atoms with E-state index in [2.05, 4.69) is 14.8 Å². The van der Waals surface area contributed by atoms with Crippen molar-refractivity contribution in [1.82, 2.24) is 14.8 Å². The van der Waals surface area contributed by atoms with Crippen LogP contribution in [0, 0.1) is 5.82 Å². The first kappa shape index (κ1) is 14.2. The highest BCUT2D eigenvalue weighted by molar-refractivity contribution is 5.17. The number of aromatic nitrogens is 3. The molecule has 2 aromatic heterocycles. The Kier molecular flexibility index (Phi) is 4.29. The van der Waals surface area contributed by atoms with Crippen LogP contribution in [0.4, 0.5) is 4.39 Å². The number of rotatable bonds is 4. The fourth-order valence-corrected chi connectivity index (χ4v) is 3.01. The van der Waals surface area contributed by atoms with Crippen LogP contribution in [0.5, 0.6) is 0 Å². The van der Waals surface area contributed by atoms with Gasteiger partial charge in [-0.1, -0.05) is 19.3 Å². The summed E-state index contributed by atoms with van der Waals surface area (Å²) < 4.78 is 15.2. The first-order valence-corrected chi connectivity index (χ1v) is 7.62. The highest BCUT2D eigenvalue weighted by Crippen LogP contribution is 2.27. The molecule has 1 unspecified atom stereocenters. The molecule has 0 radical (unpaired) electrons. The van der Waals surface area contributed by atoms with Crippen molar-refractivity contribution in [3.05, 3.63) is 47.8 Å². The molecule has 3 rings (SSSR count). The molecule has 0 spiro atoms. The minimum atomic E-state index is -0.351. The van der Waals surface area contributed by atoms with Crippen molar-refractivity contribution in [1.29, 1.82) is 0 Å². The van der Waals surface area contributed by atoms with Crippen LogP contribution in [0.15, 0.2) is 30.7 Å². The molecule has 4 nitrogen and oxygen atoms in total. The standard InChI is InChI=1S/C16H21FN4/c17-13-8-12(10-19-11-13)16(18)9-14-6-7-21(20-14)15-4-2-1-3-5-15/h6-8,10-11,15-16H,1-5,9,18H2. The molecule has 1 atom stereocenters. The minimum absolute atomic E-state index is 0.275. The monoisotopic (exact) mass is 288 g/mol. The lowest BCUT2D eigenvalue weighted by Gasteiger charge is -2.21. The van der Waals surface area contributed by atoms with Gasteiger partial charge in [0.25, 0.3) is 0 Å². The first-order valence-electron chi connectivity index (χ1n) is 7.62. The Morgan fingerprint density at radius 2 is 2.10 bits per heavy atom. The average Bonchev–Trinajstić information content (AvgIpc) is 2.97. The highest BCUT2D eigenvalue weighted by atomic mass is 19.1. The van der Waals surface area contributed by atoms with Crippen LogP contribution in [0.2, 0.25) is 0 Å². The second-order valence-electron chi connectivity index (χ2n) is 5.83. The number of nitrogens with zero attached hydrogens (tertiary/aromatic N) is 3. The summed E-state index contributed by atoms with van der Waals surface area (Å²) in [4.78, 5) is 3.84. The molecule has 0 bridgehead atoms. The van der Waals surface area contributed by atoms with Gasteiger partial charge in [-0.15, -0.1) is 0 Å². The Balaban J connectivity index is 1.66. The van der Waals surface area contributed by atoms with Gasteiger partial charge in [0.05, 0.1) is 17.9 Å². The predicted octanol–water partition coefficient (Wildman–Crippen LogP) is 3.16. The number of pyridine rings is 1. The van der Waals surface area contributed by atoms with E-state index < -0.39 is 0 Å². The predicted molar refractivity (Wildman–Crippen MR) is 79.2 cm³/mol. The van der Waals surface area contributed by atoms with Crippen LogP contribution >= 0.6 is 0 Å². The lowest BCUT2D eigenvalue weighted by Crippen LogP contribution is -2.16. The summed E-state index contributed by atoms with van der Waals surface area (Å²) in [7, 11) is 0. The van der Waals surface area contributed by atoms with E-state index in [0.717, 1.165) is 5.69 Å². The molecule has 2 aromatic rings. The van der Waals surface area contributed by atoms with Gasteiger partial charge in [-0.05, 0) is 30.5 Å². The Morgan fingerprint density at radius 1 is 1.29 bits per heavy atom. The maximum absolute atomic E-state index is 13.2. The molecule has 1 aliphatic carbocycles. The van der Waals surface area contributed by atoms with E-state index >= 15 is 0 Å². The third-order valence-electron chi connectivity index (χ3n) is 4.20. The second kappa shape index (κ2) is 6.35. The maximum Gasteiger partial charge on any atom is 0.141 e. The van der Waals surface area contributed by atoms with Crippen LogP contribution in [0.1, 0.15) is 55.4 Å². The van der Waals surface area contributed by atoms with Gasteiger partial charge in [-0.25, -0.2) is 4.39 Å². The average molecular weight is 288 g/mol. The molecule has 0 amide bonds. The number of halogens is 1. The lowest BCUT2D eigenvalue weighted by molar-refractivity contribution is 0.328. The van der Waals surface area contributed by atoms with Gasteiger partial charge in [0, 0.05) is 24.9 Å². The van der Waals surface area contributed by atoms with Gasteiger partial charge in [0.2, 0.25) is 0 Å². The summed E-state index contributed by atoms with van der Waals surface area (Å²) >= 11 is 0. The fourth-order valence-electron chi connectivity index (χ4n) is 3.01. The molecule has 0 saturated heterocycles. The molecule has 2 N–H and O–H groups in total. The molecule has 2 heterocycles. The van der Waals surface area contributed by atoms with E-state index in [-0.39, 0.29) is 11.9 Å². The van der Waals surface area contributed by atoms with Gasteiger partial charge in [-0.3, -0.25) is 9.67 Å². The number of hydrogen-bond acceptors (Lipinski definition) is 3. The van der Waals surface area contributed by atoms with E-state index in [1.54, 1.807) is 6.20 Å². The van der Waals surface area contributed by atoms with Crippen molar-refractivity contribution in [2.45, 2.75) is 50.6 Å². The minimum Gasteiger partial charge on any atom is -0.324 e. The van der Waals surface area contributed by atoms with E-state index in [9.17, 15) is 4.39 Å². The van der Waals surface area contributed by atoms with Crippen molar-refractivity contribution in [3.63, 3.8) is 0 Å². The van der Waals surface area contributed by atoms with Gasteiger partial charge >= 0.3 is 0 Å². The van der Waals surface area contributed by atoms with Gasteiger partial charge in [0.1, 0.15) is 5.82 Å². The van der Waals surface area contributed by atoms with Gasteiger partial charge < -0.3 is 5.73 Å². The third-order valence-corrected chi connectivity index (χ3v) is 4.20. The molecular weight excluding hydrogens is 267 g/mol. The van der Waals surface area contributed by atoms with E-state index in [0.29, 0.717) is 18.0 Å². The topological polar surface area (TPSA) is 56.7 Å². The third kappa shape index (κ3) is 3.47. The summed E-state index contributed by atoms with van der Waals surface area (Å²) in [5, 5.41) is 4.64. The molecule has 1 saturated carbocycles. The smallest absolute Gasteiger partial charge is 0.141 e. The zero-order chi connectivity index (χ0) is 14.7. The number of hydrogen-bond donors (Lipinski definition) is 1. The molecule has 0 aromatic carbocycles. The van der Waals surface area contributed by atoms with E-state index in [4.69, 9.17) is 5.73 Å². The van der Waals surface area contributed by atoms with Crippen molar-refractivity contribution >= 4 is 0 Å². The molecule has 21 heavy (non-hydrogen) atoms. The molecular formula is C16H21FN4. The molecule has 1 aliphatic rings. The summed E-state index contributed by atoms with van der Waals surface area (Å²) in [5.74, 6) is -0.351. The summed E-state index contributed by atoms with van der Waals surface area (Å²) in [6, 6.07) is 3.71. The highest BCUT2D eigenvalue weighted by Gasteiger charge is 2.17. The van der Waals surface area contributed by atoms with E-state index in [1.807, 2.05) is 12.3 Å². The van der Waals surface area contributed by atoms with Gasteiger partial charge in [0.15, 0.2) is 0 Å². The Labute approximate surface area is 124 Å². The largest absolute Gasteiger partial charge is 0.324 e. The Hall–Kier alpha value is -1.75. The van der Waals surface area contributed by atoms with Crippen LogP contribution < -0.4 is 5.73 Å². The Morgan fingerprint density at radius 3 is 2.86 bits per heavy atom. The van der Waals surface area contributed by atoms with Crippen molar-refractivity contribution < 1.29 is 4.39 Å². The summed E-state index contributed by atoms with van der Waals surface area (Å²) in [6.07, 6.45) is 11.8. The number of nitrogens with two attached hydrogens (primary N) is 1. The van der Waals surface area contributed by atoms with Crippen LogP contribution in [0.25, 0.3) is 0 Å². The quantitative estimate of drug-likeness (QED) is 0.940. The lowest BCUT2D eigenvalue weighted by atomic mass is 9.96. The van der Waals surface area contributed by atoms with E-state index in [1.165, 1.54) is 44.4 Å². The maximum atomic E-state index is 13.2. The molecule has 1 fully saturated rings. The van der Waals surface area contributed by atoms with Crippen LogP contribution in [-0.2, 0) is 6.42 Å². The molecule has 0 aliphatic heterocycles. The second-order valence-corrected chi connectivity index (χ2v) is 5.83. The SMILES string of the molecule is NC(Cc1ccn(C2CCCCC2)n1)c1cncc(F)c1. The van der Waals surface area contributed by atoms with Crippen molar-refractivity contribution in [2.24, 2.45) is 5.73 Å². The molecule has 5 heteroatoms. The van der Waals surface area contributed by atoms with Crippen LogP contribution in [-0.4, -0.2) is 14.8 Å². The first-order chi connectivity index (χ1) is 10.2. The van der Waals surface area contributed by atoms with Crippen molar-refractivity contribution in [2.75, 3.05) is 0 Å². The summed E-state index contributed by atoms with van der Waals surface area (Å²) in [5.41, 5.74) is 7.79. The Bertz CT molecular complexity index is 589. The van der Waals surface area contributed by atoms with Crippen molar-refractivity contribution in [3.8, 4) is 0 Å². The fraction of sp³-hybridized carbons (Fsp3) is 0.500. The van der Waals surface area contributed by atoms with Gasteiger partial charge in [-0.2, -0.15) is 5.10 Å². The molecule has 112 valence electrons. The normalized spacial score (nSPS) is 17.8. The van der Waals surface area contributed by atoms with Crippen LogP contribution in [0.3, 0.4) is 0 Å². The zero-order valence-electron chi connectivity index (χ0n) is 12.1. The summed E-state index contributed by atoms with van der Waals surface area (Å²) in [6.45, 7) is 0.